The van der Waals surface area contributed by atoms with Gasteiger partial charge in [0.2, 0.25) is 0 Å². The molecule has 0 bridgehead atoms. The van der Waals surface area contributed by atoms with Crippen LogP contribution in [-0.4, -0.2) is 11.9 Å². The van der Waals surface area contributed by atoms with Gasteiger partial charge in [-0.15, -0.1) is 0 Å². The first kappa shape index (κ1) is 18.9. The molecule has 4 aliphatic rings. The fraction of sp³-hybridized carbons (Fsp3) is 0.731. The lowest BCUT2D eigenvalue weighted by Crippen LogP contribution is -2.58. The van der Waals surface area contributed by atoms with Crippen LogP contribution in [0.5, 0.6) is 0 Å². The Kier molecular flexibility index (Phi) is 4.69. The van der Waals surface area contributed by atoms with Crippen LogP contribution in [0.4, 0.5) is 0 Å². The van der Waals surface area contributed by atoms with E-state index in [4.69, 9.17) is 4.74 Å². The molecule has 0 saturated heterocycles. The lowest BCUT2D eigenvalue weighted by Gasteiger charge is -2.61. The molecular formula is C26H36O2. The monoisotopic (exact) mass is 380 g/mol. The Morgan fingerprint density at radius 3 is 2.64 bits per heavy atom. The van der Waals surface area contributed by atoms with Gasteiger partial charge < -0.3 is 4.74 Å². The zero-order chi connectivity index (χ0) is 19.4. The van der Waals surface area contributed by atoms with Crippen molar-refractivity contribution in [2.24, 2.45) is 34.5 Å². The Morgan fingerprint density at radius 1 is 1.00 bits per heavy atom. The Balaban J connectivity index is 1.46. The highest BCUT2D eigenvalue weighted by molar-refractivity contribution is 5.87. The first-order valence-corrected chi connectivity index (χ1v) is 11.7. The minimum absolute atomic E-state index is 0.0760. The number of fused-ring (bicyclic) bond motifs is 5. The third-order valence-electron chi connectivity index (χ3n) is 9.59. The number of ketones is 1. The number of Topliss-reactive ketones (excluding diaryl/α,β-unsaturated/α-hetero) is 1. The molecule has 0 aromatic heterocycles. The van der Waals surface area contributed by atoms with Gasteiger partial charge in [0.1, 0.15) is 5.78 Å². The first-order valence-electron chi connectivity index (χ1n) is 11.7. The van der Waals surface area contributed by atoms with Crippen LogP contribution in [0.2, 0.25) is 0 Å². The Labute approximate surface area is 170 Å². The van der Waals surface area contributed by atoms with Crippen LogP contribution >= 0.6 is 0 Å². The summed E-state index contributed by atoms with van der Waals surface area (Å²) in [5.74, 6) is 3.21. The van der Waals surface area contributed by atoms with Crippen molar-refractivity contribution in [3.8, 4) is 0 Å². The van der Waals surface area contributed by atoms with Gasteiger partial charge in [0.25, 0.3) is 0 Å². The smallest absolute Gasteiger partial charge is 0.139 e. The van der Waals surface area contributed by atoms with Crippen LogP contribution in [0.3, 0.4) is 0 Å². The quantitative estimate of drug-likeness (QED) is 0.625. The van der Waals surface area contributed by atoms with Gasteiger partial charge in [-0.1, -0.05) is 57.0 Å². The molecular weight excluding hydrogens is 344 g/mol. The number of carbonyl (C=O) groups is 1. The highest BCUT2D eigenvalue weighted by Crippen LogP contribution is 2.65. The first-order chi connectivity index (χ1) is 13.5. The molecule has 4 fully saturated rings. The van der Waals surface area contributed by atoms with Gasteiger partial charge in [0, 0.05) is 11.8 Å². The fourth-order valence-corrected chi connectivity index (χ4v) is 7.96. The molecule has 28 heavy (non-hydrogen) atoms. The summed E-state index contributed by atoms with van der Waals surface area (Å²) in [5.41, 5.74) is 1.67. The molecule has 2 heteroatoms. The standard InChI is InChI=1S/C26H36O2/c1-25-14-7-6-10-19(25)16-22(28-17-18-8-4-3-5-9-18)24-20-11-12-23(27)26(20,2)15-13-21(24)25/h3-5,8-9,19-22,24H,6-7,10-17H2,1-2H3. The van der Waals surface area contributed by atoms with Crippen LogP contribution in [0.1, 0.15) is 77.2 Å². The lowest BCUT2D eigenvalue weighted by atomic mass is 9.44. The van der Waals surface area contributed by atoms with Crippen LogP contribution < -0.4 is 0 Å². The molecule has 1 aromatic carbocycles. The van der Waals surface area contributed by atoms with Crippen molar-refractivity contribution in [1.29, 1.82) is 0 Å². The van der Waals surface area contributed by atoms with E-state index in [1.165, 1.54) is 44.1 Å². The van der Waals surface area contributed by atoms with E-state index in [0.717, 1.165) is 37.7 Å². The summed E-state index contributed by atoms with van der Waals surface area (Å²) in [6.07, 6.45) is 11.4. The number of rotatable bonds is 3. The SMILES string of the molecule is CC12CCC3C(C(OCc4ccccc4)CC4CCCCC43C)C1CCC2=O. The summed E-state index contributed by atoms with van der Waals surface area (Å²) in [7, 11) is 0. The van der Waals surface area contributed by atoms with Gasteiger partial charge >= 0.3 is 0 Å². The summed E-state index contributed by atoms with van der Waals surface area (Å²) in [4.78, 5) is 12.8. The van der Waals surface area contributed by atoms with E-state index in [2.05, 4.69) is 44.2 Å². The maximum Gasteiger partial charge on any atom is 0.139 e. The lowest BCUT2D eigenvalue weighted by molar-refractivity contribution is -0.179. The minimum atomic E-state index is -0.0760. The van der Waals surface area contributed by atoms with Crippen LogP contribution in [0.15, 0.2) is 30.3 Å². The molecule has 0 spiro atoms. The van der Waals surface area contributed by atoms with E-state index in [9.17, 15) is 4.79 Å². The number of benzene rings is 1. The fourth-order valence-electron chi connectivity index (χ4n) is 7.96. The van der Waals surface area contributed by atoms with E-state index < -0.39 is 0 Å². The minimum Gasteiger partial charge on any atom is -0.373 e. The Morgan fingerprint density at radius 2 is 1.82 bits per heavy atom. The molecule has 7 unspecified atom stereocenters. The average Bonchev–Trinajstić information content (AvgIpc) is 3.01. The third kappa shape index (κ3) is 2.82. The predicted octanol–water partition coefficient (Wildman–Crippen LogP) is 6.18. The highest BCUT2D eigenvalue weighted by Gasteiger charge is 2.62. The molecule has 0 aliphatic heterocycles. The average molecular weight is 381 g/mol. The number of hydrogen-bond acceptors (Lipinski definition) is 2. The van der Waals surface area contributed by atoms with E-state index in [-0.39, 0.29) is 5.41 Å². The van der Waals surface area contributed by atoms with Crippen molar-refractivity contribution in [3.63, 3.8) is 0 Å². The van der Waals surface area contributed by atoms with E-state index in [0.29, 0.717) is 29.1 Å². The van der Waals surface area contributed by atoms with Crippen LogP contribution in [0, 0.1) is 34.5 Å². The Bertz CT molecular complexity index is 727. The van der Waals surface area contributed by atoms with Crippen LogP contribution in [0.25, 0.3) is 0 Å². The maximum absolute atomic E-state index is 12.8. The van der Waals surface area contributed by atoms with Crippen molar-refractivity contribution in [1.82, 2.24) is 0 Å². The predicted molar refractivity (Wildman–Crippen MR) is 112 cm³/mol. The molecule has 0 radical (unpaired) electrons. The van der Waals surface area contributed by atoms with Gasteiger partial charge in [-0.3, -0.25) is 4.79 Å². The maximum atomic E-state index is 12.8. The molecule has 4 saturated carbocycles. The van der Waals surface area contributed by atoms with Crippen molar-refractivity contribution >= 4 is 5.78 Å². The molecule has 1 aromatic rings. The second kappa shape index (κ2) is 6.97. The molecule has 152 valence electrons. The summed E-state index contributed by atoms with van der Waals surface area (Å²) in [6.45, 7) is 5.60. The zero-order valence-electron chi connectivity index (χ0n) is 17.7. The largest absolute Gasteiger partial charge is 0.373 e. The molecule has 4 aliphatic carbocycles. The number of hydrogen-bond donors (Lipinski definition) is 0. The third-order valence-corrected chi connectivity index (χ3v) is 9.59. The van der Waals surface area contributed by atoms with E-state index in [1.807, 2.05) is 0 Å². The summed E-state index contributed by atoms with van der Waals surface area (Å²) in [5, 5.41) is 0. The number of carbonyl (C=O) groups excluding carboxylic acids is 1. The van der Waals surface area contributed by atoms with Gasteiger partial charge in [-0.2, -0.15) is 0 Å². The van der Waals surface area contributed by atoms with Crippen molar-refractivity contribution < 1.29 is 9.53 Å². The van der Waals surface area contributed by atoms with Gasteiger partial charge in [0.05, 0.1) is 12.7 Å². The molecule has 5 rings (SSSR count). The van der Waals surface area contributed by atoms with Crippen molar-refractivity contribution in [2.45, 2.75) is 84.3 Å². The van der Waals surface area contributed by atoms with Crippen LogP contribution in [-0.2, 0) is 16.1 Å². The van der Waals surface area contributed by atoms with Crippen molar-refractivity contribution in [2.75, 3.05) is 0 Å². The number of ether oxygens (including phenoxy) is 1. The van der Waals surface area contributed by atoms with Gasteiger partial charge in [-0.05, 0) is 73.2 Å². The zero-order valence-corrected chi connectivity index (χ0v) is 17.7. The van der Waals surface area contributed by atoms with E-state index in [1.54, 1.807) is 0 Å². The molecule has 0 amide bonds. The highest BCUT2D eigenvalue weighted by atomic mass is 16.5. The topological polar surface area (TPSA) is 26.3 Å². The summed E-state index contributed by atoms with van der Waals surface area (Å²) < 4.78 is 6.71. The summed E-state index contributed by atoms with van der Waals surface area (Å²) in [6, 6.07) is 10.6. The Hall–Kier alpha value is -1.15. The molecule has 0 heterocycles. The second-order valence-corrected chi connectivity index (χ2v) is 10.7. The second-order valence-electron chi connectivity index (χ2n) is 10.7. The molecule has 2 nitrogen and oxygen atoms in total. The van der Waals surface area contributed by atoms with Crippen molar-refractivity contribution in [3.05, 3.63) is 35.9 Å². The molecule has 7 atom stereocenters. The summed E-state index contributed by atoms with van der Waals surface area (Å²) >= 11 is 0. The van der Waals surface area contributed by atoms with E-state index >= 15 is 0 Å². The van der Waals surface area contributed by atoms with Gasteiger partial charge in [0.15, 0.2) is 0 Å². The normalized spacial score (nSPS) is 45.2. The van der Waals surface area contributed by atoms with Gasteiger partial charge in [-0.25, -0.2) is 0 Å². The molecule has 0 N–H and O–H groups in total.